The van der Waals surface area contributed by atoms with E-state index in [1.165, 1.54) is 12.8 Å². The van der Waals surface area contributed by atoms with E-state index in [-0.39, 0.29) is 5.60 Å². The molecule has 0 aromatic heterocycles. The molecule has 2 rings (SSSR count). The van der Waals surface area contributed by atoms with E-state index in [0.717, 1.165) is 24.7 Å². The van der Waals surface area contributed by atoms with Crippen LogP contribution < -0.4 is 0 Å². The summed E-state index contributed by atoms with van der Waals surface area (Å²) >= 11 is 0. The Kier molecular flexibility index (Phi) is 2.70. The fourth-order valence-electron chi connectivity index (χ4n) is 2.65. The van der Waals surface area contributed by atoms with Crippen molar-refractivity contribution >= 4 is 0 Å². The lowest BCUT2D eigenvalue weighted by Gasteiger charge is -2.33. The number of hydrogen-bond donors (Lipinski definition) is 0. The van der Waals surface area contributed by atoms with Crippen LogP contribution in [0.4, 0.5) is 0 Å². The second-order valence-electron chi connectivity index (χ2n) is 5.09. The summed E-state index contributed by atoms with van der Waals surface area (Å²) in [7, 11) is 0. The van der Waals surface area contributed by atoms with Crippen molar-refractivity contribution < 1.29 is 4.74 Å². The van der Waals surface area contributed by atoms with Crippen molar-refractivity contribution in [1.29, 1.82) is 0 Å². The highest BCUT2D eigenvalue weighted by Crippen LogP contribution is 2.42. The highest BCUT2D eigenvalue weighted by atomic mass is 16.5. The van der Waals surface area contributed by atoms with Gasteiger partial charge in [0.05, 0.1) is 11.7 Å². The number of fused-ring (bicyclic) bond motifs is 2. The standard InChI is InChI=1S/C13H22O/c1-4-13(3,5-2)14-12-9-10-6-7-11(12)8-10/h6-7,10-12H,4-5,8-9H2,1-3H3. The normalized spacial score (nSPS) is 35.5. The van der Waals surface area contributed by atoms with Gasteiger partial charge in [-0.1, -0.05) is 26.0 Å². The van der Waals surface area contributed by atoms with E-state index in [4.69, 9.17) is 4.74 Å². The molecule has 1 saturated carbocycles. The van der Waals surface area contributed by atoms with Crippen molar-refractivity contribution in [3.05, 3.63) is 12.2 Å². The average Bonchev–Trinajstić information content (AvgIpc) is 2.79. The summed E-state index contributed by atoms with van der Waals surface area (Å²) in [6, 6.07) is 0. The molecular weight excluding hydrogens is 172 g/mol. The number of rotatable bonds is 4. The first-order valence-corrected chi connectivity index (χ1v) is 6.03. The zero-order chi connectivity index (χ0) is 10.2. The van der Waals surface area contributed by atoms with Crippen molar-refractivity contribution in [1.82, 2.24) is 0 Å². The molecule has 2 bridgehead atoms. The lowest BCUT2D eigenvalue weighted by atomic mass is 9.97. The van der Waals surface area contributed by atoms with Gasteiger partial charge in [-0.3, -0.25) is 0 Å². The largest absolute Gasteiger partial charge is 0.371 e. The van der Waals surface area contributed by atoms with Crippen LogP contribution in [0.2, 0.25) is 0 Å². The van der Waals surface area contributed by atoms with E-state index in [1.54, 1.807) is 0 Å². The minimum Gasteiger partial charge on any atom is -0.371 e. The van der Waals surface area contributed by atoms with Crippen LogP contribution >= 0.6 is 0 Å². The van der Waals surface area contributed by atoms with Gasteiger partial charge in [0.15, 0.2) is 0 Å². The van der Waals surface area contributed by atoms with Crippen molar-refractivity contribution in [3.63, 3.8) is 0 Å². The van der Waals surface area contributed by atoms with Crippen LogP contribution in [0, 0.1) is 11.8 Å². The molecule has 1 fully saturated rings. The van der Waals surface area contributed by atoms with Gasteiger partial charge in [-0.25, -0.2) is 0 Å². The molecule has 2 aliphatic rings. The molecule has 0 spiro atoms. The maximum atomic E-state index is 6.28. The van der Waals surface area contributed by atoms with Gasteiger partial charge in [-0.2, -0.15) is 0 Å². The molecule has 14 heavy (non-hydrogen) atoms. The van der Waals surface area contributed by atoms with Crippen LogP contribution in [-0.2, 0) is 4.74 Å². The van der Waals surface area contributed by atoms with Crippen LogP contribution in [-0.4, -0.2) is 11.7 Å². The molecular formula is C13H22O. The van der Waals surface area contributed by atoms with Crippen LogP contribution in [0.1, 0.15) is 46.5 Å². The number of hydrogen-bond acceptors (Lipinski definition) is 1. The van der Waals surface area contributed by atoms with Crippen LogP contribution in [0.3, 0.4) is 0 Å². The zero-order valence-corrected chi connectivity index (χ0v) is 9.62. The molecule has 1 heteroatoms. The predicted molar refractivity (Wildman–Crippen MR) is 59.2 cm³/mol. The quantitative estimate of drug-likeness (QED) is 0.622. The molecule has 1 nitrogen and oxygen atoms in total. The van der Waals surface area contributed by atoms with Crippen LogP contribution in [0.25, 0.3) is 0 Å². The van der Waals surface area contributed by atoms with Gasteiger partial charge in [0.25, 0.3) is 0 Å². The van der Waals surface area contributed by atoms with Gasteiger partial charge in [0.1, 0.15) is 0 Å². The molecule has 3 unspecified atom stereocenters. The maximum Gasteiger partial charge on any atom is 0.0653 e. The molecule has 0 N–H and O–H groups in total. The minimum atomic E-state index is 0.114. The Morgan fingerprint density at radius 1 is 1.21 bits per heavy atom. The first-order chi connectivity index (χ1) is 6.67. The van der Waals surface area contributed by atoms with Gasteiger partial charge in [-0.15, -0.1) is 0 Å². The van der Waals surface area contributed by atoms with Crippen molar-refractivity contribution in [2.75, 3.05) is 0 Å². The van der Waals surface area contributed by atoms with Crippen molar-refractivity contribution in [3.8, 4) is 0 Å². The smallest absolute Gasteiger partial charge is 0.0653 e. The highest BCUT2D eigenvalue weighted by Gasteiger charge is 2.39. The van der Waals surface area contributed by atoms with Gasteiger partial charge < -0.3 is 4.74 Å². The summed E-state index contributed by atoms with van der Waals surface area (Å²) in [5.41, 5.74) is 0.114. The minimum absolute atomic E-state index is 0.114. The fourth-order valence-corrected chi connectivity index (χ4v) is 2.65. The first kappa shape index (κ1) is 10.2. The Balaban J connectivity index is 1.95. The zero-order valence-electron chi connectivity index (χ0n) is 9.62. The Morgan fingerprint density at radius 2 is 1.93 bits per heavy atom. The first-order valence-electron chi connectivity index (χ1n) is 6.03. The summed E-state index contributed by atoms with van der Waals surface area (Å²) in [6.45, 7) is 6.71. The molecule has 0 aromatic rings. The van der Waals surface area contributed by atoms with Gasteiger partial charge in [-0.05, 0) is 38.5 Å². The van der Waals surface area contributed by atoms with E-state index in [1.807, 2.05) is 0 Å². The molecule has 0 radical (unpaired) electrons. The van der Waals surface area contributed by atoms with Crippen molar-refractivity contribution in [2.45, 2.75) is 58.2 Å². The van der Waals surface area contributed by atoms with Gasteiger partial charge in [0, 0.05) is 5.92 Å². The lowest BCUT2D eigenvalue weighted by molar-refractivity contribution is -0.0960. The third-order valence-electron chi connectivity index (χ3n) is 4.15. The summed E-state index contributed by atoms with van der Waals surface area (Å²) in [4.78, 5) is 0. The molecule has 0 aromatic carbocycles. The second-order valence-corrected chi connectivity index (χ2v) is 5.09. The van der Waals surface area contributed by atoms with Crippen LogP contribution in [0.15, 0.2) is 12.2 Å². The fraction of sp³-hybridized carbons (Fsp3) is 0.846. The average molecular weight is 194 g/mol. The Hall–Kier alpha value is -0.300. The highest BCUT2D eigenvalue weighted by molar-refractivity contribution is 5.11. The lowest BCUT2D eigenvalue weighted by Crippen LogP contribution is -2.34. The topological polar surface area (TPSA) is 9.23 Å². The molecule has 0 heterocycles. The van der Waals surface area contributed by atoms with Gasteiger partial charge >= 0.3 is 0 Å². The summed E-state index contributed by atoms with van der Waals surface area (Å²) in [6.07, 6.45) is 10.1. The van der Waals surface area contributed by atoms with E-state index in [0.29, 0.717) is 6.10 Å². The molecule has 80 valence electrons. The monoisotopic (exact) mass is 194 g/mol. The number of allylic oxidation sites excluding steroid dienone is 1. The van der Waals surface area contributed by atoms with E-state index < -0.39 is 0 Å². The number of ether oxygens (including phenoxy) is 1. The Labute approximate surface area is 87.5 Å². The third-order valence-corrected chi connectivity index (χ3v) is 4.15. The van der Waals surface area contributed by atoms with E-state index in [9.17, 15) is 0 Å². The molecule has 0 aliphatic heterocycles. The Morgan fingerprint density at radius 3 is 2.36 bits per heavy atom. The predicted octanol–water partition coefficient (Wildman–Crippen LogP) is 3.55. The molecule has 2 aliphatic carbocycles. The molecule has 3 atom stereocenters. The second kappa shape index (κ2) is 3.69. The molecule has 0 amide bonds. The van der Waals surface area contributed by atoms with Crippen molar-refractivity contribution in [2.24, 2.45) is 11.8 Å². The summed E-state index contributed by atoms with van der Waals surface area (Å²) in [5, 5.41) is 0. The SMILES string of the molecule is CCC(C)(CC)OC1CC2C=CC1C2. The van der Waals surface area contributed by atoms with E-state index >= 15 is 0 Å². The Bertz CT molecular complexity index is 227. The third kappa shape index (κ3) is 1.75. The summed E-state index contributed by atoms with van der Waals surface area (Å²) in [5.74, 6) is 1.54. The van der Waals surface area contributed by atoms with Crippen LogP contribution in [0.5, 0.6) is 0 Å². The maximum absolute atomic E-state index is 6.28. The summed E-state index contributed by atoms with van der Waals surface area (Å²) < 4.78 is 6.28. The van der Waals surface area contributed by atoms with E-state index in [2.05, 4.69) is 32.9 Å². The molecule has 0 saturated heterocycles. The van der Waals surface area contributed by atoms with Gasteiger partial charge in [0.2, 0.25) is 0 Å².